The number of halogens is 3. The molecular formula is C20H17F3N2O3. The van der Waals surface area contributed by atoms with E-state index in [1.807, 2.05) is 6.07 Å². The number of alkyl halides is 3. The van der Waals surface area contributed by atoms with Crippen molar-refractivity contribution in [2.75, 3.05) is 0 Å². The quantitative estimate of drug-likeness (QED) is 0.662. The van der Waals surface area contributed by atoms with Crippen molar-refractivity contribution in [3.8, 4) is 11.3 Å². The molecule has 1 amide bonds. The molecule has 146 valence electrons. The van der Waals surface area contributed by atoms with Gasteiger partial charge in [-0.25, -0.2) is 0 Å². The van der Waals surface area contributed by atoms with Crippen LogP contribution in [0.3, 0.4) is 0 Å². The third-order valence-electron chi connectivity index (χ3n) is 4.30. The van der Waals surface area contributed by atoms with E-state index in [-0.39, 0.29) is 35.4 Å². The summed E-state index contributed by atoms with van der Waals surface area (Å²) in [6, 6.07) is 13.3. The number of nitrogens with two attached hydrogens (primary N) is 1. The van der Waals surface area contributed by atoms with Crippen molar-refractivity contribution < 1.29 is 27.6 Å². The number of rotatable bonds is 6. The molecule has 8 heteroatoms. The van der Waals surface area contributed by atoms with Crippen LogP contribution < -0.4 is 5.73 Å². The zero-order chi connectivity index (χ0) is 20.3. The first kappa shape index (κ1) is 19.6. The van der Waals surface area contributed by atoms with E-state index < -0.39 is 23.8 Å². The molecule has 0 aliphatic carbocycles. The van der Waals surface area contributed by atoms with E-state index in [1.165, 1.54) is 12.1 Å². The molecule has 0 radical (unpaired) electrons. The summed E-state index contributed by atoms with van der Waals surface area (Å²) in [5.74, 6) is -0.743. The number of amides is 1. The molecule has 1 unspecified atom stereocenters. The Balaban J connectivity index is 1.88. The van der Waals surface area contributed by atoms with E-state index in [4.69, 9.17) is 10.3 Å². The molecule has 0 aliphatic rings. The topological polar surface area (TPSA) is 89.4 Å². The summed E-state index contributed by atoms with van der Waals surface area (Å²) in [7, 11) is 0. The van der Waals surface area contributed by atoms with Gasteiger partial charge in [0.1, 0.15) is 17.0 Å². The summed E-state index contributed by atoms with van der Waals surface area (Å²) in [5, 5.41) is 14.0. The van der Waals surface area contributed by atoms with Crippen LogP contribution in [0, 0.1) is 0 Å². The second-order valence-corrected chi connectivity index (χ2v) is 6.24. The van der Waals surface area contributed by atoms with E-state index in [1.54, 1.807) is 24.3 Å². The highest BCUT2D eigenvalue weighted by Gasteiger charge is 2.31. The smallest absolute Gasteiger partial charge is 0.388 e. The van der Waals surface area contributed by atoms with Crippen molar-refractivity contribution in [1.29, 1.82) is 0 Å². The molecule has 1 aromatic heterocycles. The Labute approximate surface area is 158 Å². The zero-order valence-electron chi connectivity index (χ0n) is 14.6. The van der Waals surface area contributed by atoms with Crippen molar-refractivity contribution in [2.24, 2.45) is 5.73 Å². The number of aliphatic hydroxyl groups is 1. The first-order valence-electron chi connectivity index (χ1n) is 8.46. The van der Waals surface area contributed by atoms with Gasteiger partial charge in [0.2, 0.25) is 0 Å². The number of hydrogen-bond donors (Lipinski definition) is 2. The van der Waals surface area contributed by atoms with Gasteiger partial charge in [-0.1, -0.05) is 47.6 Å². The van der Waals surface area contributed by atoms with Gasteiger partial charge in [-0.15, -0.1) is 0 Å². The van der Waals surface area contributed by atoms with Crippen LogP contribution in [0.4, 0.5) is 13.2 Å². The number of carbonyl (C=O) groups excluding carboxylic acids is 1. The maximum Gasteiger partial charge on any atom is 0.416 e. The highest BCUT2D eigenvalue weighted by molar-refractivity contribution is 5.99. The maximum absolute atomic E-state index is 13.0. The Kier molecular flexibility index (Phi) is 5.51. The van der Waals surface area contributed by atoms with Gasteiger partial charge in [0.15, 0.2) is 0 Å². The van der Waals surface area contributed by atoms with Gasteiger partial charge >= 0.3 is 6.18 Å². The van der Waals surface area contributed by atoms with Gasteiger partial charge in [-0.2, -0.15) is 13.2 Å². The average Bonchev–Trinajstić information content (AvgIpc) is 3.10. The molecule has 3 aromatic rings. The molecule has 2 aromatic carbocycles. The number of aliphatic hydroxyl groups excluding tert-OH is 1. The summed E-state index contributed by atoms with van der Waals surface area (Å²) in [5.41, 5.74) is 5.17. The molecule has 1 heterocycles. The van der Waals surface area contributed by atoms with Gasteiger partial charge < -0.3 is 15.4 Å². The van der Waals surface area contributed by atoms with E-state index in [0.29, 0.717) is 5.56 Å². The maximum atomic E-state index is 13.0. The minimum atomic E-state index is -4.53. The summed E-state index contributed by atoms with van der Waals surface area (Å²) >= 11 is 0. The minimum Gasteiger partial charge on any atom is -0.388 e. The summed E-state index contributed by atoms with van der Waals surface area (Å²) in [6.45, 7) is 0. The molecule has 0 saturated carbocycles. The summed E-state index contributed by atoms with van der Waals surface area (Å²) < 4.78 is 44.0. The Morgan fingerprint density at radius 3 is 2.50 bits per heavy atom. The molecule has 0 fully saturated rings. The van der Waals surface area contributed by atoms with Crippen molar-refractivity contribution in [3.05, 3.63) is 77.0 Å². The van der Waals surface area contributed by atoms with E-state index >= 15 is 0 Å². The molecule has 0 saturated heterocycles. The number of nitrogens with zero attached hydrogens (tertiary/aromatic N) is 1. The first-order chi connectivity index (χ1) is 13.3. The Hall–Kier alpha value is -3.13. The standard InChI is InChI=1S/C20H17F3N2O3/c21-20(22,23)14-8-4-7-13(11-14)18-17(19(24)27)16(28-25-18)10-9-15(26)12-5-2-1-3-6-12/h1-8,11,15,26H,9-10H2,(H2,24,27). The van der Waals surface area contributed by atoms with Crippen molar-refractivity contribution in [1.82, 2.24) is 5.16 Å². The van der Waals surface area contributed by atoms with Crippen molar-refractivity contribution in [3.63, 3.8) is 0 Å². The predicted octanol–water partition coefficient (Wildman–Crippen LogP) is 4.13. The Morgan fingerprint density at radius 1 is 1.14 bits per heavy atom. The molecule has 3 N–H and O–H groups in total. The predicted molar refractivity (Wildman–Crippen MR) is 95.2 cm³/mol. The largest absolute Gasteiger partial charge is 0.416 e. The SMILES string of the molecule is NC(=O)c1c(-c2cccc(C(F)(F)F)c2)noc1CCC(O)c1ccccc1. The first-order valence-corrected chi connectivity index (χ1v) is 8.46. The van der Waals surface area contributed by atoms with E-state index in [2.05, 4.69) is 5.16 Å². The highest BCUT2D eigenvalue weighted by atomic mass is 19.4. The lowest BCUT2D eigenvalue weighted by Crippen LogP contribution is -2.14. The third-order valence-corrected chi connectivity index (χ3v) is 4.30. The second kappa shape index (κ2) is 7.85. The lowest BCUT2D eigenvalue weighted by Gasteiger charge is -2.10. The zero-order valence-corrected chi connectivity index (χ0v) is 14.6. The number of primary amides is 1. The fraction of sp³-hybridized carbons (Fsp3) is 0.200. The number of hydrogen-bond acceptors (Lipinski definition) is 4. The monoisotopic (exact) mass is 390 g/mol. The van der Waals surface area contributed by atoms with Gasteiger partial charge in [0, 0.05) is 12.0 Å². The molecule has 3 rings (SSSR count). The van der Waals surface area contributed by atoms with Crippen LogP contribution in [-0.2, 0) is 12.6 Å². The Bertz CT molecular complexity index is 968. The van der Waals surface area contributed by atoms with Gasteiger partial charge in [-0.05, 0) is 24.1 Å². The molecule has 0 spiro atoms. The average molecular weight is 390 g/mol. The second-order valence-electron chi connectivity index (χ2n) is 6.24. The minimum absolute atomic E-state index is 0.0530. The number of aromatic nitrogens is 1. The van der Waals surface area contributed by atoms with Gasteiger partial charge in [0.05, 0.1) is 11.7 Å². The fourth-order valence-corrected chi connectivity index (χ4v) is 2.90. The van der Waals surface area contributed by atoms with Crippen LogP contribution in [0.25, 0.3) is 11.3 Å². The highest BCUT2D eigenvalue weighted by Crippen LogP contribution is 2.34. The van der Waals surface area contributed by atoms with E-state index in [0.717, 1.165) is 12.1 Å². The lowest BCUT2D eigenvalue weighted by molar-refractivity contribution is -0.137. The normalized spacial score (nSPS) is 12.7. The summed E-state index contributed by atoms with van der Waals surface area (Å²) in [4.78, 5) is 11.9. The third kappa shape index (κ3) is 4.23. The van der Waals surface area contributed by atoms with Crippen molar-refractivity contribution in [2.45, 2.75) is 25.1 Å². The van der Waals surface area contributed by atoms with Crippen LogP contribution in [-0.4, -0.2) is 16.2 Å². The molecule has 28 heavy (non-hydrogen) atoms. The van der Waals surface area contributed by atoms with E-state index in [9.17, 15) is 23.1 Å². The fourth-order valence-electron chi connectivity index (χ4n) is 2.90. The number of carbonyl (C=O) groups is 1. The van der Waals surface area contributed by atoms with Crippen LogP contribution in [0.15, 0.2) is 59.1 Å². The van der Waals surface area contributed by atoms with Crippen LogP contribution in [0.1, 0.15) is 39.8 Å². The molecule has 0 bridgehead atoms. The molecule has 1 atom stereocenters. The molecular weight excluding hydrogens is 373 g/mol. The summed E-state index contributed by atoms with van der Waals surface area (Å²) in [6.07, 6.45) is -4.97. The van der Waals surface area contributed by atoms with Crippen LogP contribution >= 0.6 is 0 Å². The van der Waals surface area contributed by atoms with Crippen molar-refractivity contribution >= 4 is 5.91 Å². The van der Waals surface area contributed by atoms with Gasteiger partial charge in [-0.3, -0.25) is 4.79 Å². The molecule has 5 nitrogen and oxygen atoms in total. The van der Waals surface area contributed by atoms with Crippen LogP contribution in [0.5, 0.6) is 0 Å². The number of aryl methyl sites for hydroxylation is 1. The Morgan fingerprint density at radius 2 is 1.86 bits per heavy atom. The van der Waals surface area contributed by atoms with Crippen LogP contribution in [0.2, 0.25) is 0 Å². The molecule has 0 aliphatic heterocycles. The lowest BCUT2D eigenvalue weighted by atomic mass is 9.99. The van der Waals surface area contributed by atoms with Gasteiger partial charge in [0.25, 0.3) is 5.91 Å². The number of benzene rings is 2.